The maximum Gasteiger partial charge on any atom is 0.296 e. The van der Waals surface area contributed by atoms with Crippen molar-refractivity contribution in [1.29, 1.82) is 0 Å². The molecule has 1 fully saturated rings. The molecule has 1 aromatic heterocycles. The van der Waals surface area contributed by atoms with Crippen molar-refractivity contribution < 1.29 is 19.1 Å². The predicted molar refractivity (Wildman–Crippen MR) is 114 cm³/mol. The number of amides is 1. The van der Waals surface area contributed by atoms with E-state index in [0.717, 1.165) is 12.0 Å². The smallest absolute Gasteiger partial charge is 0.296 e. The zero-order valence-electron chi connectivity index (χ0n) is 17.0. The topological polar surface area (TPSA) is 70.5 Å². The van der Waals surface area contributed by atoms with Gasteiger partial charge in [0.25, 0.3) is 11.7 Å². The second-order valence-corrected chi connectivity index (χ2v) is 7.36. The number of ketones is 1. The van der Waals surface area contributed by atoms with Gasteiger partial charge in [-0.05, 0) is 41.8 Å². The Bertz CT molecular complexity index is 1140. The van der Waals surface area contributed by atoms with Gasteiger partial charge in [0.05, 0.1) is 11.3 Å². The quantitative estimate of drug-likeness (QED) is 0.380. The first-order valence-electron chi connectivity index (χ1n) is 10.0. The van der Waals surface area contributed by atoms with Crippen molar-refractivity contribution in [2.24, 2.45) is 0 Å². The SMILES string of the molecule is CCc1ccc(/C(O)=C2/C(=O)C(=O)N(Cc3ccc(F)cc3)C2c2ccccn2)cc1. The first-order chi connectivity index (χ1) is 15.0. The Hall–Kier alpha value is -3.80. The molecule has 0 bridgehead atoms. The van der Waals surface area contributed by atoms with Crippen molar-refractivity contribution in [3.05, 3.63) is 107 Å². The number of carbonyl (C=O) groups excluding carboxylic acids is 2. The molecule has 3 aromatic rings. The molecule has 1 amide bonds. The van der Waals surface area contributed by atoms with E-state index in [1.54, 1.807) is 48.7 Å². The molecule has 156 valence electrons. The molecule has 5 nitrogen and oxygen atoms in total. The standard InChI is InChI=1S/C25H21FN2O3/c1-2-16-6-10-18(11-7-16)23(29)21-22(20-5-3-4-14-27-20)28(25(31)24(21)30)15-17-8-12-19(26)13-9-17/h3-14,22,29H,2,15H2,1H3/b23-21-. The summed E-state index contributed by atoms with van der Waals surface area (Å²) in [7, 11) is 0. The van der Waals surface area contributed by atoms with Gasteiger partial charge in [-0.25, -0.2) is 4.39 Å². The first kappa shape index (κ1) is 20.5. The van der Waals surface area contributed by atoms with Gasteiger partial charge in [0.15, 0.2) is 0 Å². The molecule has 4 rings (SSSR count). The van der Waals surface area contributed by atoms with E-state index in [0.29, 0.717) is 16.8 Å². The number of pyridine rings is 1. The number of nitrogens with zero attached hydrogens (tertiary/aromatic N) is 2. The third-order valence-electron chi connectivity index (χ3n) is 5.41. The minimum absolute atomic E-state index is 0.00457. The van der Waals surface area contributed by atoms with Gasteiger partial charge in [-0.1, -0.05) is 49.4 Å². The average Bonchev–Trinajstić information content (AvgIpc) is 3.05. The number of aromatic nitrogens is 1. The number of benzene rings is 2. The lowest BCUT2D eigenvalue weighted by Gasteiger charge is -2.24. The molecule has 0 aliphatic carbocycles. The Morgan fingerprint density at radius 1 is 1.00 bits per heavy atom. The molecule has 1 aliphatic heterocycles. The fourth-order valence-electron chi connectivity index (χ4n) is 3.73. The molecule has 2 heterocycles. The van der Waals surface area contributed by atoms with Crippen LogP contribution in [0.1, 0.15) is 35.3 Å². The Morgan fingerprint density at radius 3 is 2.29 bits per heavy atom. The van der Waals surface area contributed by atoms with Gasteiger partial charge in [-0.3, -0.25) is 14.6 Å². The maximum atomic E-state index is 13.3. The largest absolute Gasteiger partial charge is 0.507 e. The number of aliphatic hydroxyl groups is 1. The van der Waals surface area contributed by atoms with Crippen LogP contribution in [0.5, 0.6) is 0 Å². The van der Waals surface area contributed by atoms with E-state index in [4.69, 9.17) is 0 Å². The van der Waals surface area contributed by atoms with Crippen LogP contribution in [-0.2, 0) is 22.6 Å². The Labute approximate surface area is 179 Å². The molecule has 0 saturated carbocycles. The molecular weight excluding hydrogens is 395 g/mol. The van der Waals surface area contributed by atoms with Crippen LogP contribution in [0, 0.1) is 5.82 Å². The molecule has 0 spiro atoms. The Balaban J connectivity index is 1.81. The number of rotatable bonds is 5. The van der Waals surface area contributed by atoms with Crippen LogP contribution >= 0.6 is 0 Å². The molecule has 1 unspecified atom stereocenters. The number of hydrogen-bond donors (Lipinski definition) is 1. The highest BCUT2D eigenvalue weighted by Gasteiger charge is 2.46. The van der Waals surface area contributed by atoms with E-state index < -0.39 is 17.7 Å². The summed E-state index contributed by atoms with van der Waals surface area (Å²) >= 11 is 0. The minimum atomic E-state index is -0.850. The molecular formula is C25H21FN2O3. The van der Waals surface area contributed by atoms with E-state index in [1.807, 2.05) is 19.1 Å². The highest BCUT2D eigenvalue weighted by molar-refractivity contribution is 6.46. The van der Waals surface area contributed by atoms with E-state index in [9.17, 15) is 19.1 Å². The van der Waals surface area contributed by atoms with Crippen molar-refractivity contribution in [3.63, 3.8) is 0 Å². The zero-order chi connectivity index (χ0) is 22.0. The van der Waals surface area contributed by atoms with Crippen molar-refractivity contribution in [3.8, 4) is 0 Å². The van der Waals surface area contributed by atoms with Crippen molar-refractivity contribution in [2.45, 2.75) is 25.9 Å². The van der Waals surface area contributed by atoms with Crippen LogP contribution in [0.2, 0.25) is 0 Å². The number of likely N-dealkylation sites (tertiary alicyclic amines) is 1. The first-order valence-corrected chi connectivity index (χ1v) is 10.0. The summed E-state index contributed by atoms with van der Waals surface area (Å²) in [6, 6.07) is 17.3. The molecule has 1 aliphatic rings. The molecule has 2 aromatic carbocycles. The Kier molecular flexibility index (Phi) is 5.62. The van der Waals surface area contributed by atoms with Crippen LogP contribution in [-0.4, -0.2) is 26.7 Å². The van der Waals surface area contributed by atoms with Crippen LogP contribution in [0.15, 0.2) is 78.5 Å². The number of hydrogen-bond acceptors (Lipinski definition) is 4. The number of aliphatic hydroxyl groups excluding tert-OH is 1. The molecule has 1 N–H and O–H groups in total. The average molecular weight is 416 g/mol. The second-order valence-electron chi connectivity index (χ2n) is 7.36. The molecule has 6 heteroatoms. The lowest BCUT2D eigenvalue weighted by Crippen LogP contribution is -2.29. The van der Waals surface area contributed by atoms with E-state index in [-0.39, 0.29) is 23.7 Å². The van der Waals surface area contributed by atoms with Crippen molar-refractivity contribution in [1.82, 2.24) is 9.88 Å². The third kappa shape index (κ3) is 3.97. The van der Waals surface area contributed by atoms with E-state index in [2.05, 4.69) is 4.98 Å². The summed E-state index contributed by atoms with van der Waals surface area (Å²) < 4.78 is 13.3. The van der Waals surface area contributed by atoms with Gasteiger partial charge < -0.3 is 10.0 Å². The molecule has 1 saturated heterocycles. The van der Waals surface area contributed by atoms with Gasteiger partial charge >= 0.3 is 0 Å². The van der Waals surface area contributed by atoms with Crippen LogP contribution in [0.25, 0.3) is 5.76 Å². The summed E-state index contributed by atoms with van der Waals surface area (Å²) in [5, 5.41) is 11.0. The zero-order valence-corrected chi connectivity index (χ0v) is 17.0. The molecule has 31 heavy (non-hydrogen) atoms. The van der Waals surface area contributed by atoms with Crippen molar-refractivity contribution in [2.75, 3.05) is 0 Å². The normalized spacial score (nSPS) is 17.9. The van der Waals surface area contributed by atoms with Gasteiger partial charge in [-0.15, -0.1) is 0 Å². The van der Waals surface area contributed by atoms with Crippen molar-refractivity contribution >= 4 is 17.4 Å². The highest BCUT2D eigenvalue weighted by Crippen LogP contribution is 2.39. The van der Waals surface area contributed by atoms with Gasteiger partial charge in [0, 0.05) is 18.3 Å². The van der Waals surface area contributed by atoms with Gasteiger partial charge in [-0.2, -0.15) is 0 Å². The number of carbonyl (C=O) groups is 2. The fourth-order valence-corrected chi connectivity index (χ4v) is 3.73. The molecule has 1 atom stereocenters. The molecule has 0 radical (unpaired) electrons. The fraction of sp³-hybridized carbons (Fsp3) is 0.160. The summed E-state index contributed by atoms with van der Waals surface area (Å²) in [4.78, 5) is 31.6. The predicted octanol–water partition coefficient (Wildman–Crippen LogP) is 4.41. The highest BCUT2D eigenvalue weighted by atomic mass is 19.1. The summed E-state index contributed by atoms with van der Waals surface area (Å²) in [5.74, 6) is -2.12. The second kappa shape index (κ2) is 8.52. The monoisotopic (exact) mass is 416 g/mol. The minimum Gasteiger partial charge on any atom is -0.507 e. The van der Waals surface area contributed by atoms with Gasteiger partial charge in [0.1, 0.15) is 17.6 Å². The Morgan fingerprint density at radius 2 is 1.68 bits per heavy atom. The number of Topliss-reactive ketones (excluding diaryl/α,β-unsaturated/α-hetero) is 1. The lowest BCUT2D eigenvalue weighted by molar-refractivity contribution is -0.140. The maximum absolute atomic E-state index is 13.3. The van der Waals surface area contributed by atoms with Gasteiger partial charge in [0.2, 0.25) is 0 Å². The van der Waals surface area contributed by atoms with Crippen LogP contribution in [0.3, 0.4) is 0 Å². The summed E-state index contributed by atoms with van der Waals surface area (Å²) in [6.07, 6.45) is 2.42. The summed E-state index contributed by atoms with van der Waals surface area (Å²) in [6.45, 7) is 2.11. The number of aryl methyl sites for hydroxylation is 1. The summed E-state index contributed by atoms with van der Waals surface area (Å²) in [5.41, 5.74) is 2.68. The van der Waals surface area contributed by atoms with Crippen LogP contribution in [0.4, 0.5) is 4.39 Å². The van der Waals surface area contributed by atoms with E-state index in [1.165, 1.54) is 17.0 Å². The van der Waals surface area contributed by atoms with E-state index >= 15 is 0 Å². The number of halogens is 1. The lowest BCUT2D eigenvalue weighted by atomic mass is 9.97. The third-order valence-corrected chi connectivity index (χ3v) is 5.41. The van der Waals surface area contributed by atoms with Crippen LogP contribution < -0.4 is 0 Å².